The Labute approximate surface area is 135 Å². The number of carbonyl (C=O) groups excluding carboxylic acids is 2. The summed E-state index contributed by atoms with van der Waals surface area (Å²) in [5.74, 6) is -1.99. The maximum atomic E-state index is 12.6. The van der Waals surface area contributed by atoms with Gasteiger partial charge in [-0.1, -0.05) is 6.07 Å². The first kappa shape index (κ1) is 18.2. The third kappa shape index (κ3) is 4.95. The highest BCUT2D eigenvalue weighted by Gasteiger charge is 2.31. The van der Waals surface area contributed by atoms with Crippen molar-refractivity contribution in [1.29, 1.82) is 0 Å². The largest absolute Gasteiger partial charge is 0.452 e. The molecule has 1 heterocycles. The zero-order valence-electron chi connectivity index (χ0n) is 12.3. The Morgan fingerprint density at radius 1 is 1.29 bits per heavy atom. The van der Waals surface area contributed by atoms with Crippen molar-refractivity contribution in [1.82, 2.24) is 5.32 Å². The molecule has 0 radical (unpaired) electrons. The molecule has 6 nitrogen and oxygen atoms in total. The lowest BCUT2D eigenvalue weighted by Gasteiger charge is -2.11. The van der Waals surface area contributed by atoms with Gasteiger partial charge >= 0.3 is 12.1 Å². The first-order valence-corrected chi connectivity index (χ1v) is 8.73. The van der Waals surface area contributed by atoms with Crippen LogP contribution in [0.25, 0.3) is 0 Å². The number of ether oxygens (including phenoxy) is 1. The molecule has 1 aromatic carbocycles. The van der Waals surface area contributed by atoms with Gasteiger partial charge in [0.05, 0.1) is 22.6 Å². The fourth-order valence-electron chi connectivity index (χ4n) is 2.22. The van der Waals surface area contributed by atoms with Gasteiger partial charge < -0.3 is 10.1 Å². The summed E-state index contributed by atoms with van der Waals surface area (Å²) in [6.45, 7) is -0.703. The number of hydrogen-bond donors (Lipinski definition) is 1. The Morgan fingerprint density at radius 3 is 2.58 bits per heavy atom. The first-order valence-electron chi connectivity index (χ1n) is 6.91. The molecule has 1 N–H and O–H groups in total. The summed E-state index contributed by atoms with van der Waals surface area (Å²) in [5, 5.41) is 2.40. The number of sulfone groups is 1. The van der Waals surface area contributed by atoms with E-state index in [0.717, 1.165) is 18.2 Å². The molecular formula is C14H14F3NO5S. The molecule has 24 heavy (non-hydrogen) atoms. The minimum atomic E-state index is -4.60. The molecule has 1 atom stereocenters. The minimum absolute atomic E-state index is 0.0258. The molecule has 1 amide bonds. The quantitative estimate of drug-likeness (QED) is 0.809. The van der Waals surface area contributed by atoms with Crippen molar-refractivity contribution >= 4 is 21.7 Å². The summed E-state index contributed by atoms with van der Waals surface area (Å²) >= 11 is 0. The fourth-order valence-corrected chi connectivity index (χ4v) is 3.89. The Balaban J connectivity index is 1.88. The standard InChI is InChI=1S/C14H14F3NO5S/c15-14(16,17)10-3-1-2-9(6-10)13(20)23-7-12(19)18-11-4-5-24(21,22)8-11/h1-3,6,11H,4-5,7-8H2,(H,18,19)/t11-/m1/s1. The molecule has 1 aliphatic heterocycles. The Hall–Kier alpha value is -2.10. The lowest BCUT2D eigenvalue weighted by Crippen LogP contribution is -2.38. The maximum Gasteiger partial charge on any atom is 0.416 e. The number of benzene rings is 1. The summed E-state index contributed by atoms with van der Waals surface area (Å²) in [4.78, 5) is 23.3. The van der Waals surface area contributed by atoms with Gasteiger partial charge in [0.1, 0.15) is 0 Å². The second kappa shape index (κ2) is 6.80. The molecule has 1 aromatic rings. The highest BCUT2D eigenvalue weighted by atomic mass is 32.2. The summed E-state index contributed by atoms with van der Waals surface area (Å²) < 4.78 is 64.9. The second-order valence-corrected chi connectivity index (χ2v) is 7.55. The summed E-state index contributed by atoms with van der Waals surface area (Å²) in [6, 6.07) is 3.09. The van der Waals surface area contributed by atoms with E-state index in [2.05, 4.69) is 10.1 Å². The van der Waals surface area contributed by atoms with Crippen LogP contribution in [0, 0.1) is 0 Å². The molecule has 0 bridgehead atoms. The van der Waals surface area contributed by atoms with Crippen molar-refractivity contribution in [2.75, 3.05) is 18.1 Å². The predicted octanol–water partition coefficient (Wildman–Crippen LogP) is 1.17. The molecule has 0 unspecified atom stereocenters. The van der Waals surface area contributed by atoms with E-state index < -0.39 is 46.1 Å². The SMILES string of the molecule is O=C(COC(=O)c1cccc(C(F)(F)F)c1)N[C@@H]1CCS(=O)(=O)C1. The zero-order valence-corrected chi connectivity index (χ0v) is 13.1. The van der Waals surface area contributed by atoms with Gasteiger partial charge in [-0.2, -0.15) is 13.2 Å². The summed E-state index contributed by atoms with van der Waals surface area (Å²) in [6.07, 6.45) is -4.32. The molecule has 10 heteroatoms. The lowest BCUT2D eigenvalue weighted by atomic mass is 10.1. The molecule has 1 fully saturated rings. The summed E-state index contributed by atoms with van der Waals surface area (Å²) in [7, 11) is -3.16. The number of halogens is 3. The van der Waals surface area contributed by atoms with Gasteiger partial charge in [-0.15, -0.1) is 0 Å². The topological polar surface area (TPSA) is 89.5 Å². The van der Waals surface area contributed by atoms with Crippen molar-refractivity contribution < 1.29 is 35.9 Å². The van der Waals surface area contributed by atoms with E-state index in [9.17, 15) is 31.2 Å². The van der Waals surface area contributed by atoms with Crippen LogP contribution in [-0.2, 0) is 25.5 Å². The molecule has 0 aromatic heterocycles. The molecule has 0 spiro atoms. The van der Waals surface area contributed by atoms with Gasteiger partial charge in [0.2, 0.25) is 0 Å². The maximum absolute atomic E-state index is 12.6. The third-order valence-electron chi connectivity index (χ3n) is 3.36. The number of esters is 1. The molecule has 1 aliphatic rings. The van der Waals surface area contributed by atoms with Crippen LogP contribution in [0.3, 0.4) is 0 Å². The molecule has 0 aliphatic carbocycles. The molecule has 0 saturated carbocycles. The number of hydrogen-bond acceptors (Lipinski definition) is 5. The first-order chi connectivity index (χ1) is 11.1. The van der Waals surface area contributed by atoms with E-state index >= 15 is 0 Å². The van der Waals surface area contributed by atoms with Gasteiger partial charge in [0.15, 0.2) is 16.4 Å². The van der Waals surface area contributed by atoms with E-state index in [1.165, 1.54) is 0 Å². The van der Waals surface area contributed by atoms with Crippen LogP contribution in [0.2, 0.25) is 0 Å². The average Bonchev–Trinajstić information content (AvgIpc) is 2.83. The van der Waals surface area contributed by atoms with Crippen molar-refractivity contribution in [2.45, 2.75) is 18.6 Å². The van der Waals surface area contributed by atoms with Crippen LogP contribution in [0.1, 0.15) is 22.3 Å². The Morgan fingerprint density at radius 2 is 2.00 bits per heavy atom. The number of alkyl halides is 3. The summed E-state index contributed by atoms with van der Waals surface area (Å²) in [5.41, 5.74) is -1.33. The Kier molecular flexibility index (Phi) is 5.16. The number of rotatable bonds is 4. The number of nitrogens with one attached hydrogen (secondary N) is 1. The van der Waals surface area contributed by atoms with Crippen LogP contribution < -0.4 is 5.32 Å². The smallest absolute Gasteiger partial charge is 0.416 e. The molecule has 132 valence electrons. The Bertz CT molecular complexity index is 745. The van der Waals surface area contributed by atoms with Crippen LogP contribution in [0.5, 0.6) is 0 Å². The number of amides is 1. The van der Waals surface area contributed by atoms with Crippen LogP contribution in [-0.4, -0.2) is 44.4 Å². The highest BCUT2D eigenvalue weighted by molar-refractivity contribution is 7.91. The van der Waals surface area contributed by atoms with E-state index in [0.29, 0.717) is 6.07 Å². The van der Waals surface area contributed by atoms with Crippen molar-refractivity contribution in [3.05, 3.63) is 35.4 Å². The zero-order chi connectivity index (χ0) is 18.0. The second-order valence-electron chi connectivity index (χ2n) is 5.32. The van der Waals surface area contributed by atoms with Crippen LogP contribution >= 0.6 is 0 Å². The third-order valence-corrected chi connectivity index (χ3v) is 5.13. The minimum Gasteiger partial charge on any atom is -0.452 e. The van der Waals surface area contributed by atoms with Crippen LogP contribution in [0.4, 0.5) is 13.2 Å². The highest BCUT2D eigenvalue weighted by Crippen LogP contribution is 2.29. The van der Waals surface area contributed by atoms with Crippen molar-refractivity contribution in [3.63, 3.8) is 0 Å². The normalized spacial score (nSPS) is 19.7. The van der Waals surface area contributed by atoms with Gasteiger partial charge in [-0.3, -0.25) is 4.79 Å². The lowest BCUT2D eigenvalue weighted by molar-refractivity contribution is -0.137. The monoisotopic (exact) mass is 365 g/mol. The molecule has 2 rings (SSSR count). The van der Waals surface area contributed by atoms with Crippen molar-refractivity contribution in [3.8, 4) is 0 Å². The van der Waals surface area contributed by atoms with Crippen LogP contribution in [0.15, 0.2) is 24.3 Å². The van der Waals surface area contributed by atoms with Crippen molar-refractivity contribution in [2.24, 2.45) is 0 Å². The van der Waals surface area contributed by atoms with Gasteiger partial charge in [0.25, 0.3) is 5.91 Å². The number of carbonyl (C=O) groups is 2. The van der Waals surface area contributed by atoms with E-state index in [4.69, 9.17) is 0 Å². The van der Waals surface area contributed by atoms with E-state index in [-0.39, 0.29) is 23.5 Å². The van der Waals surface area contributed by atoms with E-state index in [1.807, 2.05) is 0 Å². The molecular weight excluding hydrogens is 351 g/mol. The van der Waals surface area contributed by atoms with E-state index in [1.54, 1.807) is 0 Å². The van der Waals surface area contributed by atoms with Gasteiger partial charge in [0, 0.05) is 6.04 Å². The average molecular weight is 365 g/mol. The predicted molar refractivity (Wildman–Crippen MR) is 76.9 cm³/mol. The van der Waals surface area contributed by atoms with Gasteiger partial charge in [-0.05, 0) is 24.6 Å². The molecule has 1 saturated heterocycles. The fraction of sp³-hybridized carbons (Fsp3) is 0.429. The van der Waals surface area contributed by atoms with Gasteiger partial charge in [-0.25, -0.2) is 13.2 Å².